The molecule has 18 heavy (non-hydrogen) atoms. The fourth-order valence-corrected chi connectivity index (χ4v) is 1.87. The van der Waals surface area contributed by atoms with Crippen LogP contribution >= 0.6 is 22.6 Å². The molecule has 2 aromatic rings. The molecule has 0 bridgehead atoms. The van der Waals surface area contributed by atoms with Crippen LogP contribution < -0.4 is 10.3 Å². The van der Waals surface area contributed by atoms with Gasteiger partial charge < -0.3 is 4.74 Å². The molecule has 2 heterocycles. The molecule has 0 aliphatic rings. The summed E-state index contributed by atoms with van der Waals surface area (Å²) in [6, 6.07) is 3.49. The molecule has 0 amide bonds. The molecule has 7 heteroatoms. The van der Waals surface area contributed by atoms with Gasteiger partial charge in [0.25, 0.3) is 5.56 Å². The van der Waals surface area contributed by atoms with Gasteiger partial charge in [0.1, 0.15) is 5.82 Å². The third-order valence-electron chi connectivity index (χ3n) is 2.43. The molecular weight excluding hydrogens is 347 g/mol. The van der Waals surface area contributed by atoms with Crippen molar-refractivity contribution in [2.24, 2.45) is 0 Å². The minimum atomic E-state index is -0.0688. The fourth-order valence-electron chi connectivity index (χ4n) is 1.44. The first-order valence-corrected chi connectivity index (χ1v) is 6.28. The monoisotopic (exact) mass is 358 g/mol. The van der Waals surface area contributed by atoms with Crippen LogP contribution in [0.1, 0.15) is 11.5 Å². The van der Waals surface area contributed by atoms with E-state index in [4.69, 9.17) is 4.74 Å². The number of ether oxygens (including phenoxy) is 1. The van der Waals surface area contributed by atoms with Gasteiger partial charge in [-0.25, -0.2) is 4.98 Å². The summed E-state index contributed by atoms with van der Waals surface area (Å²) in [7, 11) is 1.53. The average molecular weight is 358 g/mol. The van der Waals surface area contributed by atoms with Gasteiger partial charge in [-0.2, -0.15) is 0 Å². The van der Waals surface area contributed by atoms with Crippen molar-refractivity contribution in [3.8, 4) is 5.88 Å². The van der Waals surface area contributed by atoms with E-state index < -0.39 is 0 Å². The van der Waals surface area contributed by atoms with Gasteiger partial charge in [0.15, 0.2) is 0 Å². The SMILES string of the molecule is COc1ccc(Cn2c(C)ncc(I)c2=O)nn1. The second-order valence-electron chi connectivity index (χ2n) is 3.61. The van der Waals surface area contributed by atoms with Crippen LogP contribution in [-0.4, -0.2) is 26.9 Å². The van der Waals surface area contributed by atoms with Gasteiger partial charge in [0.05, 0.1) is 22.9 Å². The molecule has 2 rings (SSSR count). The number of aryl methyl sites for hydroxylation is 1. The van der Waals surface area contributed by atoms with E-state index in [0.29, 0.717) is 27.5 Å². The molecule has 2 aromatic heterocycles. The Morgan fingerprint density at radius 1 is 1.39 bits per heavy atom. The normalized spacial score (nSPS) is 10.4. The molecule has 6 nitrogen and oxygen atoms in total. The van der Waals surface area contributed by atoms with Crippen LogP contribution in [-0.2, 0) is 6.54 Å². The first-order chi connectivity index (χ1) is 8.61. The van der Waals surface area contributed by atoms with Crippen molar-refractivity contribution in [3.63, 3.8) is 0 Å². The lowest BCUT2D eigenvalue weighted by atomic mass is 10.3. The number of aromatic nitrogens is 4. The predicted octanol–water partition coefficient (Wildman–Crippen LogP) is 1.00. The minimum Gasteiger partial charge on any atom is -0.480 e. The Morgan fingerprint density at radius 3 is 2.78 bits per heavy atom. The zero-order valence-corrected chi connectivity index (χ0v) is 12.1. The van der Waals surface area contributed by atoms with Crippen LogP contribution in [0.4, 0.5) is 0 Å². The van der Waals surface area contributed by atoms with Crippen molar-refractivity contribution in [1.29, 1.82) is 0 Å². The van der Waals surface area contributed by atoms with E-state index >= 15 is 0 Å². The van der Waals surface area contributed by atoms with Crippen LogP contribution in [0.5, 0.6) is 5.88 Å². The van der Waals surface area contributed by atoms with E-state index in [9.17, 15) is 4.79 Å². The van der Waals surface area contributed by atoms with Crippen molar-refractivity contribution < 1.29 is 4.74 Å². The van der Waals surface area contributed by atoms with Gasteiger partial charge in [-0.15, -0.1) is 10.2 Å². The highest BCUT2D eigenvalue weighted by Crippen LogP contribution is 2.05. The van der Waals surface area contributed by atoms with E-state index in [1.165, 1.54) is 7.11 Å². The van der Waals surface area contributed by atoms with Crippen LogP contribution in [0.15, 0.2) is 23.1 Å². The number of hydrogen-bond donors (Lipinski definition) is 0. The molecule has 0 spiro atoms. The number of halogens is 1. The summed E-state index contributed by atoms with van der Waals surface area (Å²) in [4.78, 5) is 16.1. The van der Waals surface area contributed by atoms with Gasteiger partial charge in [0, 0.05) is 12.3 Å². The van der Waals surface area contributed by atoms with Crippen molar-refractivity contribution in [2.45, 2.75) is 13.5 Å². The van der Waals surface area contributed by atoms with Gasteiger partial charge in [0.2, 0.25) is 5.88 Å². The van der Waals surface area contributed by atoms with Crippen LogP contribution in [0.3, 0.4) is 0 Å². The van der Waals surface area contributed by atoms with Crippen LogP contribution in [0.25, 0.3) is 0 Å². The lowest BCUT2D eigenvalue weighted by molar-refractivity contribution is 0.390. The topological polar surface area (TPSA) is 69.9 Å². The molecule has 0 saturated carbocycles. The molecule has 94 valence electrons. The van der Waals surface area contributed by atoms with Gasteiger partial charge in [-0.1, -0.05) is 0 Å². The summed E-state index contributed by atoms with van der Waals surface area (Å²) in [6.45, 7) is 2.14. The average Bonchev–Trinajstić information content (AvgIpc) is 2.40. The summed E-state index contributed by atoms with van der Waals surface area (Å²) < 4.78 is 7.08. The van der Waals surface area contributed by atoms with E-state index in [1.807, 2.05) is 22.6 Å². The number of hydrogen-bond acceptors (Lipinski definition) is 5. The third-order valence-corrected chi connectivity index (χ3v) is 3.17. The Hall–Kier alpha value is -1.51. The molecule has 0 aliphatic carbocycles. The van der Waals surface area contributed by atoms with Crippen molar-refractivity contribution >= 4 is 22.6 Å². The third kappa shape index (κ3) is 2.66. The molecule has 0 fully saturated rings. The molecule has 0 aliphatic heterocycles. The Balaban J connectivity index is 2.33. The summed E-state index contributed by atoms with van der Waals surface area (Å²) >= 11 is 1.97. The maximum absolute atomic E-state index is 12.0. The molecular formula is C11H11IN4O2. The summed E-state index contributed by atoms with van der Waals surface area (Å²) in [5.74, 6) is 1.10. The summed E-state index contributed by atoms with van der Waals surface area (Å²) in [6.07, 6.45) is 1.56. The van der Waals surface area contributed by atoms with Gasteiger partial charge in [-0.05, 0) is 35.6 Å². The molecule has 0 aromatic carbocycles. The van der Waals surface area contributed by atoms with E-state index in [2.05, 4.69) is 15.2 Å². The molecule has 0 unspecified atom stereocenters. The first kappa shape index (κ1) is 12.9. The quantitative estimate of drug-likeness (QED) is 0.766. The predicted molar refractivity (Wildman–Crippen MR) is 73.6 cm³/mol. The second kappa shape index (κ2) is 5.42. The maximum Gasteiger partial charge on any atom is 0.267 e. The fraction of sp³-hybridized carbons (Fsp3) is 0.273. The standard InChI is InChI=1S/C11H11IN4O2/c1-7-13-5-9(12)11(17)16(7)6-8-3-4-10(18-2)15-14-8/h3-5H,6H2,1-2H3. The van der Waals surface area contributed by atoms with Crippen LogP contribution in [0.2, 0.25) is 0 Å². The zero-order chi connectivity index (χ0) is 13.1. The Labute approximate surface area is 117 Å². The molecule has 0 atom stereocenters. The number of nitrogens with zero attached hydrogens (tertiary/aromatic N) is 4. The highest BCUT2D eigenvalue weighted by molar-refractivity contribution is 14.1. The maximum atomic E-state index is 12.0. The smallest absolute Gasteiger partial charge is 0.267 e. The van der Waals surface area contributed by atoms with Crippen molar-refractivity contribution in [2.75, 3.05) is 7.11 Å². The van der Waals surface area contributed by atoms with Gasteiger partial charge in [-0.3, -0.25) is 9.36 Å². The van der Waals surface area contributed by atoms with E-state index in [-0.39, 0.29) is 5.56 Å². The van der Waals surface area contributed by atoms with E-state index in [1.54, 1.807) is 29.8 Å². The number of methoxy groups -OCH3 is 1. The molecule has 0 saturated heterocycles. The minimum absolute atomic E-state index is 0.0688. The second-order valence-corrected chi connectivity index (χ2v) is 4.77. The van der Waals surface area contributed by atoms with Crippen molar-refractivity contribution in [3.05, 3.63) is 43.8 Å². The first-order valence-electron chi connectivity index (χ1n) is 5.20. The van der Waals surface area contributed by atoms with Gasteiger partial charge >= 0.3 is 0 Å². The highest BCUT2D eigenvalue weighted by atomic mass is 127. The highest BCUT2D eigenvalue weighted by Gasteiger charge is 2.07. The summed E-state index contributed by atoms with van der Waals surface area (Å²) in [5, 5.41) is 7.86. The molecule has 0 radical (unpaired) electrons. The van der Waals surface area contributed by atoms with E-state index in [0.717, 1.165) is 0 Å². The van der Waals surface area contributed by atoms with Crippen LogP contribution in [0, 0.1) is 10.5 Å². The lowest BCUT2D eigenvalue weighted by Crippen LogP contribution is -2.26. The molecule has 0 N–H and O–H groups in total. The summed E-state index contributed by atoms with van der Waals surface area (Å²) in [5.41, 5.74) is 0.616. The number of rotatable bonds is 3. The Bertz CT molecular complexity index is 609. The lowest BCUT2D eigenvalue weighted by Gasteiger charge is -2.08. The Kier molecular flexibility index (Phi) is 3.90. The Morgan fingerprint density at radius 2 is 2.17 bits per heavy atom. The van der Waals surface area contributed by atoms with Crippen molar-refractivity contribution in [1.82, 2.24) is 19.7 Å². The largest absolute Gasteiger partial charge is 0.480 e. The zero-order valence-electron chi connectivity index (χ0n) is 9.92.